The average Bonchev–Trinajstić information content (AvgIpc) is 2.19. The average molecular weight is 184 g/mol. The molecule has 1 rings (SSSR count). The van der Waals surface area contributed by atoms with Crippen molar-refractivity contribution in [2.75, 3.05) is 19.6 Å². The highest BCUT2D eigenvalue weighted by molar-refractivity contribution is 4.77. The summed E-state index contributed by atoms with van der Waals surface area (Å²) in [6.45, 7) is 7.98. The maximum absolute atomic E-state index is 3.64. The maximum Gasteiger partial charge on any atom is 0.00793 e. The van der Waals surface area contributed by atoms with Crippen molar-refractivity contribution in [1.82, 2.24) is 10.6 Å². The fraction of sp³-hybridized carbons (Fsp3) is 1.00. The van der Waals surface area contributed by atoms with E-state index in [4.69, 9.17) is 0 Å². The van der Waals surface area contributed by atoms with E-state index < -0.39 is 0 Å². The molecule has 0 saturated carbocycles. The first-order chi connectivity index (χ1) is 6.36. The molecule has 2 nitrogen and oxygen atoms in total. The number of piperidine rings is 1. The number of hydrogen-bond acceptors (Lipinski definition) is 2. The Bertz CT molecular complexity index is 115. The van der Waals surface area contributed by atoms with Gasteiger partial charge in [0.15, 0.2) is 0 Å². The Balaban J connectivity index is 2.03. The van der Waals surface area contributed by atoms with Gasteiger partial charge in [-0.15, -0.1) is 0 Å². The van der Waals surface area contributed by atoms with Gasteiger partial charge in [-0.25, -0.2) is 0 Å². The smallest absolute Gasteiger partial charge is 0.00793 e. The SMILES string of the molecule is CCNCCC1CCC(CC)CN1. The first-order valence-corrected chi connectivity index (χ1v) is 5.80. The molecule has 2 unspecified atom stereocenters. The quantitative estimate of drug-likeness (QED) is 0.636. The van der Waals surface area contributed by atoms with Crippen molar-refractivity contribution in [3.05, 3.63) is 0 Å². The van der Waals surface area contributed by atoms with Crippen LogP contribution in [-0.4, -0.2) is 25.7 Å². The molecule has 0 aliphatic carbocycles. The molecule has 78 valence electrons. The zero-order chi connectivity index (χ0) is 9.52. The van der Waals surface area contributed by atoms with E-state index in [2.05, 4.69) is 24.5 Å². The normalized spacial score (nSPS) is 29.1. The topological polar surface area (TPSA) is 24.1 Å². The second-order valence-corrected chi connectivity index (χ2v) is 4.10. The summed E-state index contributed by atoms with van der Waals surface area (Å²) in [5.74, 6) is 0.940. The molecule has 2 N–H and O–H groups in total. The van der Waals surface area contributed by atoms with Crippen molar-refractivity contribution in [2.24, 2.45) is 5.92 Å². The predicted octanol–water partition coefficient (Wildman–Crippen LogP) is 1.76. The van der Waals surface area contributed by atoms with Gasteiger partial charge < -0.3 is 10.6 Å². The van der Waals surface area contributed by atoms with Crippen LogP contribution >= 0.6 is 0 Å². The summed E-state index contributed by atoms with van der Waals surface area (Å²) < 4.78 is 0. The molecule has 0 bridgehead atoms. The molecule has 0 aromatic rings. The van der Waals surface area contributed by atoms with Gasteiger partial charge in [0.1, 0.15) is 0 Å². The lowest BCUT2D eigenvalue weighted by molar-refractivity contribution is 0.293. The van der Waals surface area contributed by atoms with Crippen LogP contribution in [0.15, 0.2) is 0 Å². The van der Waals surface area contributed by atoms with Gasteiger partial charge in [-0.2, -0.15) is 0 Å². The van der Waals surface area contributed by atoms with E-state index in [1.165, 1.54) is 38.8 Å². The summed E-state index contributed by atoms with van der Waals surface area (Å²) in [4.78, 5) is 0. The van der Waals surface area contributed by atoms with Gasteiger partial charge in [0.2, 0.25) is 0 Å². The van der Waals surface area contributed by atoms with Crippen LogP contribution in [0.4, 0.5) is 0 Å². The van der Waals surface area contributed by atoms with Crippen molar-refractivity contribution < 1.29 is 0 Å². The van der Waals surface area contributed by atoms with Crippen LogP contribution in [0.3, 0.4) is 0 Å². The molecule has 1 fully saturated rings. The molecule has 1 heterocycles. The van der Waals surface area contributed by atoms with Gasteiger partial charge in [0.05, 0.1) is 0 Å². The summed E-state index contributed by atoms with van der Waals surface area (Å²) in [6.07, 6.45) is 5.45. The van der Waals surface area contributed by atoms with Crippen molar-refractivity contribution in [1.29, 1.82) is 0 Å². The Morgan fingerprint density at radius 1 is 1.31 bits per heavy atom. The van der Waals surface area contributed by atoms with Crippen molar-refractivity contribution in [3.63, 3.8) is 0 Å². The summed E-state index contributed by atoms with van der Waals surface area (Å²) in [7, 11) is 0. The zero-order valence-corrected chi connectivity index (χ0v) is 9.10. The van der Waals surface area contributed by atoms with Crippen molar-refractivity contribution in [2.45, 2.75) is 45.6 Å². The van der Waals surface area contributed by atoms with E-state index in [1.807, 2.05) is 0 Å². The molecule has 0 aromatic heterocycles. The lowest BCUT2D eigenvalue weighted by atomic mass is 9.91. The minimum absolute atomic E-state index is 0.779. The minimum atomic E-state index is 0.779. The third kappa shape index (κ3) is 4.10. The maximum atomic E-state index is 3.64. The third-order valence-electron chi connectivity index (χ3n) is 3.12. The standard InChI is InChI=1S/C11H24N2/c1-3-10-5-6-11(13-9-10)7-8-12-4-2/h10-13H,3-9H2,1-2H3. The van der Waals surface area contributed by atoms with E-state index in [-0.39, 0.29) is 0 Å². The third-order valence-corrected chi connectivity index (χ3v) is 3.12. The monoisotopic (exact) mass is 184 g/mol. The lowest BCUT2D eigenvalue weighted by Crippen LogP contribution is -2.40. The van der Waals surface area contributed by atoms with Crippen LogP contribution in [0, 0.1) is 5.92 Å². The first-order valence-electron chi connectivity index (χ1n) is 5.80. The predicted molar refractivity (Wildman–Crippen MR) is 58.0 cm³/mol. The highest BCUT2D eigenvalue weighted by atomic mass is 14.9. The van der Waals surface area contributed by atoms with Gasteiger partial charge >= 0.3 is 0 Å². The summed E-state index contributed by atoms with van der Waals surface area (Å²) in [5.41, 5.74) is 0. The van der Waals surface area contributed by atoms with Gasteiger partial charge in [-0.1, -0.05) is 20.3 Å². The zero-order valence-electron chi connectivity index (χ0n) is 9.10. The number of nitrogens with one attached hydrogen (secondary N) is 2. The second-order valence-electron chi connectivity index (χ2n) is 4.10. The number of hydrogen-bond donors (Lipinski definition) is 2. The largest absolute Gasteiger partial charge is 0.317 e. The highest BCUT2D eigenvalue weighted by Gasteiger charge is 2.18. The van der Waals surface area contributed by atoms with Crippen LogP contribution in [0.2, 0.25) is 0 Å². The molecule has 0 radical (unpaired) electrons. The Morgan fingerprint density at radius 3 is 2.69 bits per heavy atom. The first kappa shape index (κ1) is 11.0. The highest BCUT2D eigenvalue weighted by Crippen LogP contribution is 2.18. The summed E-state index contributed by atoms with van der Waals surface area (Å²) >= 11 is 0. The molecular weight excluding hydrogens is 160 g/mol. The molecule has 2 heteroatoms. The van der Waals surface area contributed by atoms with E-state index in [1.54, 1.807) is 0 Å². The summed E-state index contributed by atoms with van der Waals surface area (Å²) in [5, 5.41) is 7.02. The van der Waals surface area contributed by atoms with Crippen LogP contribution in [0.1, 0.15) is 39.5 Å². The van der Waals surface area contributed by atoms with Gasteiger partial charge in [0, 0.05) is 6.04 Å². The summed E-state index contributed by atoms with van der Waals surface area (Å²) in [6, 6.07) is 0.779. The van der Waals surface area contributed by atoms with Gasteiger partial charge in [0.25, 0.3) is 0 Å². The van der Waals surface area contributed by atoms with Gasteiger partial charge in [-0.3, -0.25) is 0 Å². The molecular formula is C11H24N2. The minimum Gasteiger partial charge on any atom is -0.317 e. The van der Waals surface area contributed by atoms with Gasteiger partial charge in [-0.05, 0) is 44.8 Å². The van der Waals surface area contributed by atoms with E-state index in [9.17, 15) is 0 Å². The van der Waals surface area contributed by atoms with E-state index in [0.29, 0.717) is 0 Å². The fourth-order valence-corrected chi connectivity index (χ4v) is 2.02. The molecule has 1 aliphatic rings. The van der Waals surface area contributed by atoms with Crippen LogP contribution in [-0.2, 0) is 0 Å². The van der Waals surface area contributed by atoms with Crippen molar-refractivity contribution in [3.8, 4) is 0 Å². The van der Waals surface area contributed by atoms with Crippen molar-refractivity contribution >= 4 is 0 Å². The Labute approximate surface area is 82.5 Å². The van der Waals surface area contributed by atoms with Crippen LogP contribution in [0.5, 0.6) is 0 Å². The molecule has 0 aromatic carbocycles. The Morgan fingerprint density at radius 2 is 2.15 bits per heavy atom. The molecule has 0 amide bonds. The lowest BCUT2D eigenvalue weighted by Gasteiger charge is -2.29. The van der Waals surface area contributed by atoms with Crippen LogP contribution in [0.25, 0.3) is 0 Å². The molecule has 1 aliphatic heterocycles. The van der Waals surface area contributed by atoms with Crippen LogP contribution < -0.4 is 10.6 Å². The Kier molecular flexibility index (Phi) is 5.40. The number of rotatable bonds is 5. The molecule has 1 saturated heterocycles. The second kappa shape index (κ2) is 6.39. The van der Waals surface area contributed by atoms with E-state index in [0.717, 1.165) is 18.5 Å². The fourth-order valence-electron chi connectivity index (χ4n) is 2.02. The molecule has 13 heavy (non-hydrogen) atoms. The molecule has 2 atom stereocenters. The Hall–Kier alpha value is -0.0800. The molecule has 0 spiro atoms. The van der Waals surface area contributed by atoms with E-state index >= 15 is 0 Å².